The van der Waals surface area contributed by atoms with Crippen molar-refractivity contribution in [1.29, 1.82) is 10.5 Å². The van der Waals surface area contributed by atoms with Crippen LogP contribution in [0.15, 0.2) is 0 Å². The van der Waals surface area contributed by atoms with Gasteiger partial charge >= 0.3 is 0 Å². The second-order valence-electron chi connectivity index (χ2n) is 6.41. The molecule has 1 unspecified atom stereocenters. The van der Waals surface area contributed by atoms with E-state index in [0.717, 1.165) is 58.4 Å². The first-order valence-corrected chi connectivity index (χ1v) is 7.79. The molecule has 1 aliphatic rings. The molecule has 0 aromatic heterocycles. The Labute approximate surface area is 124 Å². The Morgan fingerprint density at radius 1 is 1.15 bits per heavy atom. The van der Waals surface area contributed by atoms with Gasteiger partial charge in [0.2, 0.25) is 0 Å². The van der Waals surface area contributed by atoms with Crippen molar-refractivity contribution in [3.8, 4) is 12.1 Å². The van der Waals surface area contributed by atoms with Gasteiger partial charge in [-0.05, 0) is 39.7 Å². The maximum atomic E-state index is 9.20. The van der Waals surface area contributed by atoms with Gasteiger partial charge < -0.3 is 4.90 Å². The van der Waals surface area contributed by atoms with Crippen LogP contribution in [0.2, 0.25) is 0 Å². The molecule has 0 radical (unpaired) electrons. The van der Waals surface area contributed by atoms with Crippen molar-refractivity contribution in [1.82, 2.24) is 9.80 Å². The van der Waals surface area contributed by atoms with Gasteiger partial charge in [-0.2, -0.15) is 10.5 Å². The molecular formula is C16H28N4. The molecule has 4 nitrogen and oxygen atoms in total. The SMILES string of the molecule is CCCC(C#N)N1CCN(CCCC(C)(C)C#N)CC1. The molecule has 4 heteroatoms. The van der Waals surface area contributed by atoms with Crippen molar-refractivity contribution < 1.29 is 0 Å². The highest BCUT2D eigenvalue weighted by Gasteiger charge is 2.23. The number of hydrogen-bond donors (Lipinski definition) is 0. The van der Waals surface area contributed by atoms with E-state index < -0.39 is 0 Å². The van der Waals surface area contributed by atoms with Crippen LogP contribution in [0.1, 0.15) is 46.5 Å². The number of piperazine rings is 1. The lowest BCUT2D eigenvalue weighted by Crippen LogP contribution is -2.50. The van der Waals surface area contributed by atoms with E-state index in [1.165, 1.54) is 0 Å². The minimum atomic E-state index is -0.200. The predicted molar refractivity (Wildman–Crippen MR) is 81.0 cm³/mol. The van der Waals surface area contributed by atoms with E-state index >= 15 is 0 Å². The quantitative estimate of drug-likeness (QED) is 0.717. The molecule has 0 spiro atoms. The molecule has 112 valence electrons. The molecule has 1 fully saturated rings. The number of nitriles is 2. The van der Waals surface area contributed by atoms with Gasteiger partial charge in [-0.3, -0.25) is 4.90 Å². The van der Waals surface area contributed by atoms with Crippen LogP contribution in [0.3, 0.4) is 0 Å². The number of nitrogens with zero attached hydrogens (tertiary/aromatic N) is 4. The maximum absolute atomic E-state index is 9.20. The Hall–Kier alpha value is -1.10. The van der Waals surface area contributed by atoms with Gasteiger partial charge in [-0.1, -0.05) is 13.3 Å². The number of rotatable bonds is 7. The monoisotopic (exact) mass is 276 g/mol. The van der Waals surface area contributed by atoms with Gasteiger partial charge in [0.15, 0.2) is 0 Å². The van der Waals surface area contributed by atoms with Crippen molar-refractivity contribution in [3.05, 3.63) is 0 Å². The lowest BCUT2D eigenvalue weighted by Gasteiger charge is -2.37. The van der Waals surface area contributed by atoms with Crippen LogP contribution >= 0.6 is 0 Å². The van der Waals surface area contributed by atoms with E-state index in [-0.39, 0.29) is 11.5 Å². The zero-order valence-corrected chi connectivity index (χ0v) is 13.2. The molecule has 0 aromatic rings. The van der Waals surface area contributed by atoms with Gasteiger partial charge in [-0.25, -0.2) is 0 Å². The van der Waals surface area contributed by atoms with Gasteiger partial charge in [0, 0.05) is 26.2 Å². The van der Waals surface area contributed by atoms with Crippen LogP contribution in [0, 0.1) is 28.1 Å². The van der Waals surface area contributed by atoms with Crippen LogP contribution in [0.4, 0.5) is 0 Å². The predicted octanol–water partition coefficient (Wildman–Crippen LogP) is 2.63. The first-order chi connectivity index (χ1) is 9.52. The fourth-order valence-corrected chi connectivity index (χ4v) is 2.70. The minimum absolute atomic E-state index is 0.0969. The zero-order chi connectivity index (χ0) is 15.0. The molecule has 1 saturated heterocycles. The molecule has 0 aliphatic carbocycles. The molecule has 1 atom stereocenters. The highest BCUT2D eigenvalue weighted by atomic mass is 15.3. The lowest BCUT2D eigenvalue weighted by molar-refractivity contribution is 0.108. The van der Waals surface area contributed by atoms with Gasteiger partial charge in [0.25, 0.3) is 0 Å². The van der Waals surface area contributed by atoms with Crippen molar-refractivity contribution in [2.45, 2.75) is 52.5 Å². The topological polar surface area (TPSA) is 54.1 Å². The van der Waals surface area contributed by atoms with Crippen molar-refractivity contribution in [3.63, 3.8) is 0 Å². The summed E-state index contributed by atoms with van der Waals surface area (Å²) in [7, 11) is 0. The normalized spacial score (nSPS) is 19.2. The Morgan fingerprint density at radius 3 is 2.30 bits per heavy atom. The first kappa shape index (κ1) is 17.0. The molecule has 1 rings (SSSR count). The molecule has 0 amide bonds. The summed E-state index contributed by atoms with van der Waals surface area (Å²) in [6.45, 7) is 11.3. The highest BCUT2D eigenvalue weighted by molar-refractivity contribution is 4.94. The summed E-state index contributed by atoms with van der Waals surface area (Å²) in [4.78, 5) is 4.78. The standard InChI is InChI=1S/C16H28N4/c1-4-6-15(13-17)20-11-9-19(10-12-20)8-5-7-16(2,3)14-18/h15H,4-12H2,1-3H3. The van der Waals surface area contributed by atoms with Crippen LogP contribution < -0.4 is 0 Å². The largest absolute Gasteiger partial charge is 0.301 e. The van der Waals surface area contributed by atoms with Crippen molar-refractivity contribution in [2.24, 2.45) is 5.41 Å². The van der Waals surface area contributed by atoms with E-state index in [1.54, 1.807) is 0 Å². The van der Waals surface area contributed by atoms with Gasteiger partial charge in [-0.15, -0.1) is 0 Å². The van der Waals surface area contributed by atoms with Gasteiger partial charge in [0.05, 0.1) is 23.6 Å². The fourth-order valence-electron chi connectivity index (χ4n) is 2.70. The average Bonchev–Trinajstić information content (AvgIpc) is 2.45. The summed E-state index contributed by atoms with van der Waals surface area (Å²) < 4.78 is 0. The molecule has 1 aliphatic heterocycles. The Bertz CT molecular complexity index is 356. The third-order valence-electron chi connectivity index (χ3n) is 4.14. The van der Waals surface area contributed by atoms with E-state index in [1.807, 2.05) is 13.8 Å². The molecular weight excluding hydrogens is 248 g/mol. The number of hydrogen-bond acceptors (Lipinski definition) is 4. The van der Waals surface area contributed by atoms with Crippen molar-refractivity contribution in [2.75, 3.05) is 32.7 Å². The van der Waals surface area contributed by atoms with Crippen LogP contribution in [0.5, 0.6) is 0 Å². The van der Waals surface area contributed by atoms with Crippen LogP contribution in [-0.4, -0.2) is 48.6 Å². The zero-order valence-electron chi connectivity index (χ0n) is 13.2. The van der Waals surface area contributed by atoms with Crippen LogP contribution in [-0.2, 0) is 0 Å². The Balaban J connectivity index is 2.26. The third kappa shape index (κ3) is 5.49. The Kier molecular flexibility index (Phi) is 6.99. The minimum Gasteiger partial charge on any atom is -0.301 e. The van der Waals surface area contributed by atoms with E-state index in [4.69, 9.17) is 5.26 Å². The van der Waals surface area contributed by atoms with Crippen LogP contribution in [0.25, 0.3) is 0 Å². The summed E-state index contributed by atoms with van der Waals surface area (Å²) in [6, 6.07) is 4.89. The molecule has 1 heterocycles. The second kappa shape index (κ2) is 8.25. The summed E-state index contributed by atoms with van der Waals surface area (Å²) in [5, 5.41) is 18.2. The van der Waals surface area contributed by atoms with Gasteiger partial charge in [0.1, 0.15) is 0 Å². The fraction of sp³-hybridized carbons (Fsp3) is 0.875. The molecule has 20 heavy (non-hydrogen) atoms. The average molecular weight is 276 g/mol. The van der Waals surface area contributed by atoms with Crippen molar-refractivity contribution >= 4 is 0 Å². The molecule has 0 bridgehead atoms. The maximum Gasteiger partial charge on any atom is 0.0978 e. The smallest absolute Gasteiger partial charge is 0.0978 e. The summed E-state index contributed by atoms with van der Waals surface area (Å²) in [5.41, 5.74) is -0.200. The van der Waals surface area contributed by atoms with E-state index in [2.05, 4.69) is 28.9 Å². The highest BCUT2D eigenvalue weighted by Crippen LogP contribution is 2.21. The molecule has 0 N–H and O–H groups in total. The summed E-state index contributed by atoms with van der Waals surface area (Å²) in [5.74, 6) is 0. The third-order valence-corrected chi connectivity index (χ3v) is 4.14. The van der Waals surface area contributed by atoms with E-state index in [0.29, 0.717) is 0 Å². The lowest BCUT2D eigenvalue weighted by atomic mass is 9.90. The summed E-state index contributed by atoms with van der Waals surface area (Å²) in [6.07, 6.45) is 4.09. The molecule has 0 aromatic carbocycles. The second-order valence-corrected chi connectivity index (χ2v) is 6.41. The first-order valence-electron chi connectivity index (χ1n) is 7.79. The van der Waals surface area contributed by atoms with E-state index in [9.17, 15) is 5.26 Å². The molecule has 0 saturated carbocycles. The summed E-state index contributed by atoms with van der Waals surface area (Å²) >= 11 is 0. The Morgan fingerprint density at radius 2 is 1.80 bits per heavy atom.